The normalized spacial score (nSPS) is 11.8. The average Bonchev–Trinajstić information content (AvgIpc) is 2.27. The molecule has 0 unspecified atom stereocenters. The van der Waals surface area contributed by atoms with Crippen molar-refractivity contribution in [1.82, 2.24) is 4.98 Å². The largest absolute Gasteiger partial charge is 0.417 e. The van der Waals surface area contributed by atoms with Crippen molar-refractivity contribution in [2.75, 3.05) is 5.73 Å². The first-order valence-electron chi connectivity index (χ1n) is 5.50. The molecule has 2 aromatic rings. The lowest BCUT2D eigenvalue weighted by molar-refractivity contribution is -0.137. The van der Waals surface area contributed by atoms with Crippen LogP contribution in [-0.4, -0.2) is 10.9 Å². The molecule has 0 aliphatic heterocycles. The Kier molecular flexibility index (Phi) is 3.16. The van der Waals surface area contributed by atoms with Crippen LogP contribution in [0.3, 0.4) is 0 Å². The third kappa shape index (κ3) is 2.44. The number of primary amides is 1. The zero-order valence-electron chi connectivity index (χ0n) is 10.0. The Morgan fingerprint density at radius 2 is 1.95 bits per heavy atom. The quantitative estimate of drug-likeness (QED) is 0.721. The Balaban J connectivity index is 2.91. The number of nitrogens with two attached hydrogens (primary N) is 2. The minimum atomic E-state index is -4.78. The molecule has 0 aliphatic rings. The van der Waals surface area contributed by atoms with Crippen molar-refractivity contribution >= 4 is 22.5 Å². The van der Waals surface area contributed by atoms with E-state index in [1.165, 1.54) is 12.1 Å². The third-order valence-electron chi connectivity index (χ3n) is 2.77. The van der Waals surface area contributed by atoms with Gasteiger partial charge >= 0.3 is 6.18 Å². The van der Waals surface area contributed by atoms with Gasteiger partial charge in [0.1, 0.15) is 0 Å². The van der Waals surface area contributed by atoms with Gasteiger partial charge in [0.25, 0.3) is 5.56 Å². The van der Waals surface area contributed by atoms with Crippen LogP contribution in [0.1, 0.15) is 11.1 Å². The molecule has 0 radical (unpaired) electrons. The van der Waals surface area contributed by atoms with Gasteiger partial charge in [-0.1, -0.05) is 6.07 Å². The monoisotopic (exact) mass is 285 g/mol. The van der Waals surface area contributed by atoms with Crippen LogP contribution in [0.4, 0.5) is 18.9 Å². The number of pyridine rings is 1. The fourth-order valence-electron chi connectivity index (χ4n) is 2.02. The second-order valence-corrected chi connectivity index (χ2v) is 4.25. The average molecular weight is 285 g/mol. The number of halogens is 3. The summed E-state index contributed by atoms with van der Waals surface area (Å²) in [5.41, 5.74) is 7.68. The van der Waals surface area contributed by atoms with Gasteiger partial charge in [-0.3, -0.25) is 9.59 Å². The standard InChI is InChI=1S/C12H10F3N3O2/c13-12(14,15)10-6-2-1-5(16)3-8(6)18-11(20)7(10)4-9(17)19/h1-3H,4,16H2,(H2,17,19)(H,18,20). The summed E-state index contributed by atoms with van der Waals surface area (Å²) in [5.74, 6) is -1.02. The molecule has 106 valence electrons. The highest BCUT2D eigenvalue weighted by molar-refractivity contribution is 5.88. The summed E-state index contributed by atoms with van der Waals surface area (Å²) in [6, 6.07) is 3.65. The molecule has 1 amide bonds. The van der Waals surface area contributed by atoms with E-state index in [1.807, 2.05) is 0 Å². The lowest BCUT2D eigenvalue weighted by Gasteiger charge is -2.14. The Morgan fingerprint density at radius 1 is 1.30 bits per heavy atom. The molecule has 0 bridgehead atoms. The maximum absolute atomic E-state index is 13.2. The van der Waals surface area contributed by atoms with Crippen LogP contribution < -0.4 is 17.0 Å². The predicted octanol–water partition coefficient (Wildman–Crippen LogP) is 1.16. The van der Waals surface area contributed by atoms with Crippen molar-refractivity contribution in [2.45, 2.75) is 12.6 Å². The Labute approximate surface area is 110 Å². The van der Waals surface area contributed by atoms with Crippen LogP contribution in [0.5, 0.6) is 0 Å². The highest BCUT2D eigenvalue weighted by Gasteiger charge is 2.37. The maximum atomic E-state index is 13.2. The van der Waals surface area contributed by atoms with Crippen molar-refractivity contribution in [3.8, 4) is 0 Å². The number of amides is 1. The summed E-state index contributed by atoms with van der Waals surface area (Å²) in [6.07, 6.45) is -5.57. The number of H-pyrrole nitrogens is 1. The number of hydrogen-bond acceptors (Lipinski definition) is 3. The van der Waals surface area contributed by atoms with Crippen molar-refractivity contribution < 1.29 is 18.0 Å². The number of nitrogens with one attached hydrogen (secondary N) is 1. The van der Waals surface area contributed by atoms with Crippen molar-refractivity contribution in [3.05, 3.63) is 39.7 Å². The number of nitrogen functional groups attached to an aromatic ring is 1. The van der Waals surface area contributed by atoms with E-state index in [1.54, 1.807) is 0 Å². The van der Waals surface area contributed by atoms with E-state index in [0.717, 1.165) is 6.07 Å². The topological polar surface area (TPSA) is 102 Å². The Hall–Kier alpha value is -2.51. The minimum absolute atomic E-state index is 0.0458. The van der Waals surface area contributed by atoms with Gasteiger partial charge in [-0.15, -0.1) is 0 Å². The predicted molar refractivity (Wildman–Crippen MR) is 66.9 cm³/mol. The first-order valence-corrected chi connectivity index (χ1v) is 5.50. The van der Waals surface area contributed by atoms with E-state index in [-0.39, 0.29) is 16.6 Å². The van der Waals surface area contributed by atoms with Gasteiger partial charge in [0.15, 0.2) is 0 Å². The van der Waals surface area contributed by atoms with Crippen LogP contribution in [0.25, 0.3) is 10.9 Å². The molecule has 0 saturated heterocycles. The molecule has 20 heavy (non-hydrogen) atoms. The van der Waals surface area contributed by atoms with Gasteiger partial charge in [-0.25, -0.2) is 0 Å². The van der Waals surface area contributed by atoms with E-state index in [4.69, 9.17) is 11.5 Å². The van der Waals surface area contributed by atoms with Gasteiger partial charge in [0.05, 0.1) is 17.5 Å². The van der Waals surface area contributed by atoms with Gasteiger partial charge in [0, 0.05) is 16.6 Å². The fourth-order valence-corrected chi connectivity index (χ4v) is 2.02. The molecule has 0 saturated carbocycles. The van der Waals surface area contributed by atoms with E-state index < -0.39 is 35.2 Å². The van der Waals surface area contributed by atoms with Gasteiger partial charge < -0.3 is 16.5 Å². The Bertz CT molecular complexity index is 750. The number of benzene rings is 1. The van der Waals surface area contributed by atoms with E-state index >= 15 is 0 Å². The van der Waals surface area contributed by atoms with Gasteiger partial charge in [-0.2, -0.15) is 13.2 Å². The summed E-state index contributed by atoms with van der Waals surface area (Å²) in [6.45, 7) is 0. The van der Waals surface area contributed by atoms with Gasteiger partial charge in [0.2, 0.25) is 5.91 Å². The van der Waals surface area contributed by atoms with Crippen LogP contribution >= 0.6 is 0 Å². The second kappa shape index (κ2) is 4.55. The lowest BCUT2D eigenvalue weighted by atomic mass is 10.00. The molecule has 2 rings (SSSR count). The molecule has 1 aromatic carbocycles. The molecular formula is C12H10F3N3O2. The molecule has 0 spiro atoms. The van der Waals surface area contributed by atoms with E-state index in [2.05, 4.69) is 4.98 Å². The number of fused-ring (bicyclic) bond motifs is 1. The second-order valence-electron chi connectivity index (χ2n) is 4.25. The van der Waals surface area contributed by atoms with E-state index in [9.17, 15) is 22.8 Å². The minimum Gasteiger partial charge on any atom is -0.399 e. The maximum Gasteiger partial charge on any atom is 0.417 e. The lowest BCUT2D eigenvalue weighted by Crippen LogP contribution is -2.26. The smallest absolute Gasteiger partial charge is 0.399 e. The highest BCUT2D eigenvalue weighted by Crippen LogP contribution is 2.36. The van der Waals surface area contributed by atoms with E-state index in [0.29, 0.717) is 0 Å². The summed E-state index contributed by atoms with van der Waals surface area (Å²) >= 11 is 0. The molecule has 0 atom stereocenters. The molecule has 0 aliphatic carbocycles. The molecule has 1 heterocycles. The zero-order valence-corrected chi connectivity index (χ0v) is 10.0. The molecule has 1 aromatic heterocycles. The number of carbonyl (C=O) groups excluding carboxylic acids is 1. The highest BCUT2D eigenvalue weighted by atomic mass is 19.4. The van der Waals surface area contributed by atoms with Crippen molar-refractivity contribution in [2.24, 2.45) is 5.73 Å². The number of aromatic nitrogens is 1. The zero-order chi connectivity index (χ0) is 15.1. The van der Waals surface area contributed by atoms with Crippen LogP contribution in [0.15, 0.2) is 23.0 Å². The van der Waals surface area contributed by atoms with Crippen molar-refractivity contribution in [1.29, 1.82) is 0 Å². The number of alkyl halides is 3. The van der Waals surface area contributed by atoms with Crippen LogP contribution in [-0.2, 0) is 17.4 Å². The summed E-state index contributed by atoms with van der Waals surface area (Å²) in [4.78, 5) is 24.9. The van der Waals surface area contributed by atoms with Gasteiger partial charge in [-0.05, 0) is 12.1 Å². The molecular weight excluding hydrogens is 275 g/mol. The molecule has 0 fully saturated rings. The summed E-state index contributed by atoms with van der Waals surface area (Å²) < 4.78 is 39.5. The SMILES string of the molecule is NC(=O)Cc1c(C(F)(F)F)c2ccc(N)cc2[nH]c1=O. The molecule has 8 heteroatoms. The number of anilines is 1. The number of hydrogen-bond donors (Lipinski definition) is 3. The number of aromatic amines is 1. The number of carbonyl (C=O) groups is 1. The number of rotatable bonds is 2. The summed E-state index contributed by atoms with van der Waals surface area (Å²) in [7, 11) is 0. The molecule has 5 nitrogen and oxygen atoms in total. The first-order chi connectivity index (χ1) is 9.20. The molecule has 5 N–H and O–H groups in total. The Morgan fingerprint density at radius 3 is 2.50 bits per heavy atom. The first kappa shape index (κ1) is 13.9. The third-order valence-corrected chi connectivity index (χ3v) is 2.77. The van der Waals surface area contributed by atoms with Crippen LogP contribution in [0, 0.1) is 0 Å². The fraction of sp³-hybridized carbons (Fsp3) is 0.167. The summed E-state index contributed by atoms with van der Waals surface area (Å²) in [5, 5.41) is -0.234. The van der Waals surface area contributed by atoms with Crippen molar-refractivity contribution in [3.63, 3.8) is 0 Å². The van der Waals surface area contributed by atoms with Crippen LogP contribution in [0.2, 0.25) is 0 Å².